The van der Waals surface area contributed by atoms with Crippen LogP contribution in [0, 0.1) is 0 Å². The molecular weight excluding hydrogens is 774 g/mol. The minimum atomic E-state index is -1.27. The predicted molar refractivity (Wildman–Crippen MR) is 213 cm³/mol. The van der Waals surface area contributed by atoms with E-state index >= 15 is 0 Å². The molecule has 0 bridgehead atoms. The number of amides is 5. The average Bonchev–Trinajstić information content (AvgIpc) is 3.21. The Bertz CT molecular complexity index is 1380. The van der Waals surface area contributed by atoms with Gasteiger partial charge in [0.2, 0.25) is 35.8 Å². The molecule has 0 aliphatic heterocycles. The standard InChI is InChI=1S/C40H62N5O14/c46-22-25-58-27-26-56-24-21-43-38(51)30-59-29-28-57-23-20-42-35(48)18-16-33(40(54)55)45-37(50)14-8-3-9-19-41-34(47)17-15-32(39(52)53)44-36(49)13-7-2-6-12-31-10-4-1-5-11-31/h1,4-5,10-11,32-33H,2-3,6-9,12-21,23-30H2,(H,41,47)(H,42,48)(H,43,51)(H,44,49)(H,45,50)(H,52,53)(H,54,55)/t32-,33-/m0/s1. The van der Waals surface area contributed by atoms with Crippen molar-refractivity contribution in [3.8, 4) is 0 Å². The van der Waals surface area contributed by atoms with Gasteiger partial charge < -0.3 is 55.7 Å². The summed E-state index contributed by atoms with van der Waals surface area (Å²) >= 11 is 0. The van der Waals surface area contributed by atoms with Crippen molar-refractivity contribution in [2.45, 2.75) is 95.6 Å². The molecule has 331 valence electrons. The first-order valence-electron chi connectivity index (χ1n) is 20.1. The molecule has 0 aliphatic rings. The number of carbonyl (C=O) groups excluding carboxylic acids is 6. The van der Waals surface area contributed by atoms with Crippen molar-refractivity contribution in [2.24, 2.45) is 0 Å². The molecule has 1 aromatic carbocycles. The number of hydrogen-bond donors (Lipinski definition) is 7. The van der Waals surface area contributed by atoms with Crippen LogP contribution in [0.15, 0.2) is 30.3 Å². The van der Waals surface area contributed by atoms with Gasteiger partial charge in [-0.3, -0.25) is 28.8 Å². The van der Waals surface area contributed by atoms with Crippen LogP contribution in [0.2, 0.25) is 0 Å². The summed E-state index contributed by atoms with van der Waals surface area (Å²) in [7, 11) is 0. The number of rotatable bonds is 38. The number of aryl methyl sites for hydroxylation is 1. The maximum atomic E-state index is 12.3. The summed E-state index contributed by atoms with van der Waals surface area (Å²) in [5.74, 6) is -4.42. The zero-order valence-electron chi connectivity index (χ0n) is 33.8. The zero-order chi connectivity index (χ0) is 43.4. The van der Waals surface area contributed by atoms with Crippen molar-refractivity contribution >= 4 is 47.8 Å². The lowest BCUT2D eigenvalue weighted by Crippen LogP contribution is -2.41. The largest absolute Gasteiger partial charge is 0.480 e. The van der Waals surface area contributed by atoms with Crippen LogP contribution in [0.5, 0.6) is 0 Å². The number of nitrogens with one attached hydrogen (secondary N) is 5. The average molecular weight is 837 g/mol. The molecule has 5 amide bonds. The monoisotopic (exact) mass is 836 g/mol. The Morgan fingerprint density at radius 3 is 1.56 bits per heavy atom. The Morgan fingerprint density at radius 1 is 0.525 bits per heavy atom. The van der Waals surface area contributed by atoms with Gasteiger partial charge in [-0.1, -0.05) is 43.2 Å². The highest BCUT2D eigenvalue weighted by Gasteiger charge is 2.22. The fourth-order valence-electron chi connectivity index (χ4n) is 5.32. The van der Waals surface area contributed by atoms with Crippen LogP contribution < -0.4 is 26.6 Å². The number of aliphatic carboxylic acids is 2. The van der Waals surface area contributed by atoms with E-state index in [9.17, 15) is 48.6 Å². The van der Waals surface area contributed by atoms with Gasteiger partial charge >= 0.3 is 11.9 Å². The third-order valence-electron chi connectivity index (χ3n) is 8.48. The van der Waals surface area contributed by atoms with Crippen LogP contribution >= 0.6 is 0 Å². The Labute approximate surface area is 345 Å². The van der Waals surface area contributed by atoms with E-state index in [-0.39, 0.29) is 122 Å². The normalized spacial score (nSPS) is 11.8. The third-order valence-corrected chi connectivity index (χ3v) is 8.48. The van der Waals surface area contributed by atoms with E-state index in [2.05, 4.69) is 38.7 Å². The second kappa shape index (κ2) is 35.0. The zero-order valence-corrected chi connectivity index (χ0v) is 33.8. The molecule has 0 aromatic heterocycles. The first-order chi connectivity index (χ1) is 28.5. The van der Waals surface area contributed by atoms with Gasteiger partial charge in [0.05, 0.1) is 39.6 Å². The summed E-state index contributed by atoms with van der Waals surface area (Å²) in [5, 5.41) is 31.8. The molecule has 0 unspecified atom stereocenters. The number of carboxylic acids is 2. The summed E-state index contributed by atoms with van der Waals surface area (Å²) in [6.07, 6.45) is 6.32. The summed E-state index contributed by atoms with van der Waals surface area (Å²) < 4.78 is 20.6. The van der Waals surface area contributed by atoms with E-state index in [1.807, 2.05) is 18.2 Å². The molecule has 59 heavy (non-hydrogen) atoms. The number of carbonyl (C=O) groups is 7. The van der Waals surface area contributed by atoms with E-state index in [1.165, 1.54) is 5.56 Å². The molecule has 7 N–H and O–H groups in total. The Hall–Kier alpha value is -4.98. The van der Waals surface area contributed by atoms with E-state index in [0.29, 0.717) is 32.2 Å². The van der Waals surface area contributed by atoms with Crippen molar-refractivity contribution in [2.75, 3.05) is 72.5 Å². The molecule has 19 nitrogen and oxygen atoms in total. The molecule has 19 heteroatoms. The topological polar surface area (TPSA) is 274 Å². The molecule has 0 spiro atoms. The number of carboxylic acid groups (broad SMARTS) is 2. The first kappa shape index (κ1) is 52.0. The van der Waals surface area contributed by atoms with E-state index in [0.717, 1.165) is 19.3 Å². The molecule has 0 saturated heterocycles. The van der Waals surface area contributed by atoms with Gasteiger partial charge in [-0.25, -0.2) is 9.59 Å². The first-order valence-corrected chi connectivity index (χ1v) is 20.1. The van der Waals surface area contributed by atoms with Crippen molar-refractivity contribution < 1.29 is 67.5 Å². The molecule has 1 radical (unpaired) electrons. The predicted octanol–water partition coefficient (Wildman–Crippen LogP) is 0.574. The Morgan fingerprint density at radius 2 is 1.02 bits per heavy atom. The second-order valence-electron chi connectivity index (χ2n) is 13.4. The van der Waals surface area contributed by atoms with Crippen LogP contribution in [-0.4, -0.2) is 143 Å². The van der Waals surface area contributed by atoms with Crippen molar-refractivity contribution in [1.29, 1.82) is 0 Å². The summed E-state index contributed by atoms with van der Waals surface area (Å²) in [4.78, 5) is 94.0. The van der Waals surface area contributed by atoms with Gasteiger partial charge in [-0.05, 0) is 50.5 Å². The maximum Gasteiger partial charge on any atom is 0.326 e. The molecule has 2 atom stereocenters. The lowest BCUT2D eigenvalue weighted by molar-refractivity contribution is -0.142. The lowest BCUT2D eigenvalue weighted by Gasteiger charge is -2.15. The highest BCUT2D eigenvalue weighted by Crippen LogP contribution is 2.09. The van der Waals surface area contributed by atoms with Crippen LogP contribution in [0.4, 0.5) is 0 Å². The highest BCUT2D eigenvalue weighted by atomic mass is 16.5. The van der Waals surface area contributed by atoms with Gasteiger partial charge in [0.1, 0.15) is 25.3 Å². The second-order valence-corrected chi connectivity index (χ2v) is 13.4. The number of hydrogen-bond acceptors (Lipinski definition) is 12. The number of benzene rings is 1. The van der Waals surface area contributed by atoms with Crippen molar-refractivity contribution in [1.82, 2.24) is 26.6 Å². The quantitative estimate of drug-likeness (QED) is 0.0449. The van der Waals surface area contributed by atoms with E-state index in [1.54, 1.807) is 6.29 Å². The molecule has 0 fully saturated rings. The lowest BCUT2D eigenvalue weighted by atomic mass is 10.1. The molecule has 1 aromatic rings. The van der Waals surface area contributed by atoms with E-state index < -0.39 is 35.8 Å². The van der Waals surface area contributed by atoms with E-state index in [4.69, 9.17) is 18.9 Å². The highest BCUT2D eigenvalue weighted by molar-refractivity contribution is 5.85. The molecule has 0 saturated carbocycles. The minimum absolute atomic E-state index is 0.0510. The Balaban J connectivity index is 2.07. The summed E-state index contributed by atoms with van der Waals surface area (Å²) in [6.45, 7) is 1.79. The van der Waals surface area contributed by atoms with Gasteiger partial charge in [-0.15, -0.1) is 0 Å². The van der Waals surface area contributed by atoms with Gasteiger partial charge in [0.25, 0.3) is 0 Å². The van der Waals surface area contributed by atoms with Crippen LogP contribution in [0.25, 0.3) is 0 Å². The maximum absolute atomic E-state index is 12.3. The minimum Gasteiger partial charge on any atom is -0.480 e. The van der Waals surface area contributed by atoms with Crippen LogP contribution in [-0.2, 0) is 63.7 Å². The van der Waals surface area contributed by atoms with Crippen molar-refractivity contribution in [3.05, 3.63) is 35.9 Å². The molecule has 1 rings (SSSR count). The number of ether oxygens (including phenoxy) is 4. The molecule has 0 aliphatic carbocycles. The fraction of sp³-hybridized carbons (Fsp3) is 0.650. The Kier molecular flexibility index (Phi) is 30.9. The summed E-state index contributed by atoms with van der Waals surface area (Å²) in [5.41, 5.74) is 1.23. The van der Waals surface area contributed by atoms with Crippen molar-refractivity contribution in [3.63, 3.8) is 0 Å². The van der Waals surface area contributed by atoms with Crippen LogP contribution in [0.3, 0.4) is 0 Å². The SMILES string of the molecule is O=[C]COCCOCCNC(=O)COCCOCCNC(=O)CC[C@H](NC(=O)CCCCCNC(=O)CC[C@H](NC(=O)CCCCCc1ccccc1)C(=O)O)C(=O)O. The third kappa shape index (κ3) is 30.7. The van der Waals surface area contributed by atoms with Crippen LogP contribution in [0.1, 0.15) is 82.6 Å². The van der Waals surface area contributed by atoms with Gasteiger partial charge in [0, 0.05) is 45.3 Å². The molecular formula is C40H62N5O14. The number of unbranched alkanes of at least 4 members (excludes halogenated alkanes) is 4. The van der Waals surface area contributed by atoms with Gasteiger partial charge in [-0.2, -0.15) is 0 Å². The fourth-order valence-corrected chi connectivity index (χ4v) is 5.32. The molecule has 0 heterocycles. The van der Waals surface area contributed by atoms with Gasteiger partial charge in [0.15, 0.2) is 0 Å². The smallest absolute Gasteiger partial charge is 0.326 e. The summed E-state index contributed by atoms with van der Waals surface area (Å²) in [6, 6.07) is 7.60.